The number of hydrogen-bond acceptors (Lipinski definition) is 5. The first-order valence-electron chi connectivity index (χ1n) is 11.6. The summed E-state index contributed by atoms with van der Waals surface area (Å²) in [6.07, 6.45) is 6.56. The van der Waals surface area contributed by atoms with Crippen molar-refractivity contribution in [3.05, 3.63) is 72.2 Å². The third-order valence-corrected chi connectivity index (χ3v) is 6.21. The number of halogens is 1. The molecule has 1 saturated heterocycles. The van der Waals surface area contributed by atoms with Gasteiger partial charge < -0.3 is 20.1 Å². The average Bonchev–Trinajstić information content (AvgIpc) is 3.26. The van der Waals surface area contributed by atoms with Gasteiger partial charge in [0, 0.05) is 55.5 Å². The van der Waals surface area contributed by atoms with Gasteiger partial charge in [0.1, 0.15) is 17.5 Å². The molecular formula is C26H29FN6. The zero-order chi connectivity index (χ0) is 22.6. The molecule has 0 saturated carbocycles. The number of aromatic amines is 1. The Morgan fingerprint density at radius 2 is 1.88 bits per heavy atom. The molecule has 5 rings (SSSR count). The summed E-state index contributed by atoms with van der Waals surface area (Å²) in [4.78, 5) is 17.4. The van der Waals surface area contributed by atoms with Crippen LogP contribution >= 0.6 is 0 Å². The molecule has 2 N–H and O–H groups in total. The van der Waals surface area contributed by atoms with Crippen LogP contribution in [0.5, 0.6) is 0 Å². The molecule has 1 fully saturated rings. The topological polar surface area (TPSA) is 60.1 Å². The molecule has 0 unspecified atom stereocenters. The first-order valence-corrected chi connectivity index (χ1v) is 11.6. The second-order valence-corrected chi connectivity index (χ2v) is 8.63. The maximum absolute atomic E-state index is 13.7. The molecular weight excluding hydrogens is 415 g/mol. The van der Waals surface area contributed by atoms with Crippen molar-refractivity contribution in [2.45, 2.75) is 25.7 Å². The highest BCUT2D eigenvalue weighted by Gasteiger charge is 2.17. The summed E-state index contributed by atoms with van der Waals surface area (Å²) >= 11 is 0. The number of piperidine rings is 1. The summed E-state index contributed by atoms with van der Waals surface area (Å²) in [7, 11) is 2.02. The molecule has 3 heterocycles. The maximum Gasteiger partial charge on any atom is 0.229 e. The van der Waals surface area contributed by atoms with Crippen LogP contribution in [0.1, 0.15) is 24.8 Å². The number of nitrogens with zero attached hydrogens (tertiary/aromatic N) is 4. The number of nitrogens with one attached hydrogen (secondary N) is 2. The van der Waals surface area contributed by atoms with E-state index < -0.39 is 0 Å². The van der Waals surface area contributed by atoms with Crippen LogP contribution in [-0.2, 0) is 6.42 Å². The van der Waals surface area contributed by atoms with Crippen molar-refractivity contribution < 1.29 is 4.39 Å². The monoisotopic (exact) mass is 444 g/mol. The van der Waals surface area contributed by atoms with Crippen molar-refractivity contribution in [1.29, 1.82) is 0 Å². The highest BCUT2D eigenvalue weighted by molar-refractivity contribution is 5.83. The molecule has 0 aliphatic carbocycles. The van der Waals surface area contributed by atoms with Gasteiger partial charge in [-0.15, -0.1) is 0 Å². The standard InChI is InChI=1S/C26H29FN6/c1-32(15-12-19-18-28-23-11-4-3-10-22(19)23)26-30-24(29-21-9-7-8-20(27)16-21)17-25(31-26)33-13-5-2-6-14-33/h3-4,7-11,16-18,28H,2,5-6,12-15H2,1H3,(H,29,30,31). The fourth-order valence-corrected chi connectivity index (χ4v) is 4.38. The first-order chi connectivity index (χ1) is 16.2. The van der Waals surface area contributed by atoms with Crippen molar-refractivity contribution in [3.63, 3.8) is 0 Å². The fraction of sp³-hybridized carbons (Fsp3) is 0.308. The fourth-order valence-electron chi connectivity index (χ4n) is 4.38. The minimum atomic E-state index is -0.276. The molecule has 170 valence electrons. The summed E-state index contributed by atoms with van der Waals surface area (Å²) in [5, 5.41) is 4.52. The number of para-hydroxylation sites is 1. The molecule has 1 aliphatic rings. The van der Waals surface area contributed by atoms with E-state index in [0.717, 1.165) is 37.4 Å². The van der Waals surface area contributed by atoms with Crippen LogP contribution in [0.2, 0.25) is 0 Å². The van der Waals surface area contributed by atoms with Crippen LogP contribution in [0.4, 0.5) is 27.7 Å². The molecule has 4 aromatic rings. The highest BCUT2D eigenvalue weighted by Crippen LogP contribution is 2.26. The smallest absolute Gasteiger partial charge is 0.229 e. The minimum Gasteiger partial charge on any atom is -0.361 e. The Balaban J connectivity index is 1.39. The predicted octanol–water partition coefficient (Wildman–Crippen LogP) is 5.51. The quantitative estimate of drug-likeness (QED) is 0.394. The van der Waals surface area contributed by atoms with E-state index in [0.29, 0.717) is 17.5 Å². The van der Waals surface area contributed by atoms with E-state index in [1.165, 1.54) is 42.3 Å². The lowest BCUT2D eigenvalue weighted by Gasteiger charge is -2.29. The molecule has 6 nitrogen and oxygen atoms in total. The lowest BCUT2D eigenvalue weighted by molar-refractivity contribution is 0.573. The van der Waals surface area contributed by atoms with Gasteiger partial charge in [-0.05, 0) is 55.5 Å². The van der Waals surface area contributed by atoms with Crippen LogP contribution in [0.3, 0.4) is 0 Å². The van der Waals surface area contributed by atoms with Gasteiger partial charge in [0.15, 0.2) is 0 Å². The van der Waals surface area contributed by atoms with E-state index in [-0.39, 0.29) is 5.82 Å². The van der Waals surface area contributed by atoms with Crippen LogP contribution in [0.25, 0.3) is 10.9 Å². The Hall–Kier alpha value is -3.61. The van der Waals surface area contributed by atoms with Crippen molar-refractivity contribution in [2.75, 3.05) is 41.8 Å². The molecule has 0 spiro atoms. The number of fused-ring (bicyclic) bond motifs is 1. The maximum atomic E-state index is 13.7. The molecule has 0 radical (unpaired) electrons. The van der Waals surface area contributed by atoms with E-state index >= 15 is 0 Å². The van der Waals surface area contributed by atoms with E-state index in [1.54, 1.807) is 6.07 Å². The van der Waals surface area contributed by atoms with Crippen LogP contribution in [-0.4, -0.2) is 41.6 Å². The third-order valence-electron chi connectivity index (χ3n) is 6.21. The number of likely N-dealkylation sites (N-methyl/N-ethyl adjacent to an activating group) is 1. The van der Waals surface area contributed by atoms with Gasteiger partial charge in [-0.3, -0.25) is 0 Å². The molecule has 7 heteroatoms. The Morgan fingerprint density at radius 3 is 2.73 bits per heavy atom. The molecule has 0 bridgehead atoms. The summed E-state index contributed by atoms with van der Waals surface area (Å²) in [6, 6.07) is 16.8. The zero-order valence-electron chi connectivity index (χ0n) is 18.9. The van der Waals surface area contributed by atoms with E-state index in [1.807, 2.05) is 25.2 Å². The molecule has 33 heavy (non-hydrogen) atoms. The van der Waals surface area contributed by atoms with E-state index in [9.17, 15) is 4.39 Å². The van der Waals surface area contributed by atoms with Gasteiger partial charge in [0.25, 0.3) is 0 Å². The zero-order valence-corrected chi connectivity index (χ0v) is 18.9. The number of H-pyrrole nitrogens is 1. The number of benzene rings is 2. The third kappa shape index (κ3) is 4.92. The van der Waals surface area contributed by atoms with Gasteiger partial charge in [-0.25, -0.2) is 4.39 Å². The summed E-state index contributed by atoms with van der Waals surface area (Å²) in [5.41, 5.74) is 3.11. The second-order valence-electron chi connectivity index (χ2n) is 8.63. The summed E-state index contributed by atoms with van der Waals surface area (Å²) in [5.74, 6) is 1.97. The lowest BCUT2D eigenvalue weighted by atomic mass is 10.1. The van der Waals surface area contributed by atoms with Gasteiger partial charge in [-0.1, -0.05) is 24.3 Å². The molecule has 2 aromatic carbocycles. The second kappa shape index (κ2) is 9.48. The van der Waals surface area contributed by atoms with Gasteiger partial charge in [0.05, 0.1) is 0 Å². The minimum absolute atomic E-state index is 0.276. The van der Waals surface area contributed by atoms with E-state index in [4.69, 9.17) is 9.97 Å². The van der Waals surface area contributed by atoms with Crippen LogP contribution < -0.4 is 15.1 Å². The van der Waals surface area contributed by atoms with Crippen molar-refractivity contribution in [2.24, 2.45) is 0 Å². The Labute approximate surface area is 193 Å². The Bertz CT molecular complexity index is 1230. The first kappa shape index (κ1) is 21.2. The Morgan fingerprint density at radius 1 is 1.03 bits per heavy atom. The lowest BCUT2D eigenvalue weighted by Crippen LogP contribution is -2.31. The van der Waals surface area contributed by atoms with Gasteiger partial charge in [0.2, 0.25) is 5.95 Å². The van der Waals surface area contributed by atoms with E-state index in [2.05, 4.69) is 44.5 Å². The molecule has 0 atom stereocenters. The average molecular weight is 445 g/mol. The normalized spacial score (nSPS) is 13.9. The largest absolute Gasteiger partial charge is 0.361 e. The molecule has 1 aliphatic heterocycles. The van der Waals surface area contributed by atoms with Crippen molar-refractivity contribution in [1.82, 2.24) is 15.0 Å². The number of anilines is 4. The Kier molecular flexibility index (Phi) is 6.11. The number of aromatic nitrogens is 3. The molecule has 0 amide bonds. The predicted molar refractivity (Wildman–Crippen MR) is 133 cm³/mol. The van der Waals surface area contributed by atoms with Gasteiger partial charge >= 0.3 is 0 Å². The SMILES string of the molecule is CN(CCc1c[nH]c2ccccc12)c1nc(Nc2cccc(F)c2)cc(N2CCCCC2)n1. The summed E-state index contributed by atoms with van der Waals surface area (Å²) in [6.45, 7) is 2.77. The van der Waals surface area contributed by atoms with Crippen molar-refractivity contribution in [3.8, 4) is 0 Å². The van der Waals surface area contributed by atoms with Gasteiger partial charge in [-0.2, -0.15) is 9.97 Å². The number of rotatable bonds is 7. The van der Waals surface area contributed by atoms with Crippen LogP contribution in [0, 0.1) is 5.82 Å². The highest BCUT2D eigenvalue weighted by atomic mass is 19.1. The summed E-state index contributed by atoms with van der Waals surface area (Å²) < 4.78 is 13.7. The molecule has 2 aromatic heterocycles. The van der Waals surface area contributed by atoms with Crippen molar-refractivity contribution >= 4 is 34.2 Å². The van der Waals surface area contributed by atoms with Crippen LogP contribution in [0.15, 0.2) is 60.8 Å². The number of hydrogen-bond donors (Lipinski definition) is 2.